The lowest BCUT2D eigenvalue weighted by Gasteiger charge is -2.26. The molecule has 0 bridgehead atoms. The van der Waals surface area contributed by atoms with Crippen molar-refractivity contribution < 1.29 is 9.90 Å². The Balaban J connectivity index is 2.27. The molecule has 1 fully saturated rings. The van der Waals surface area contributed by atoms with Crippen LogP contribution in [-0.4, -0.2) is 16.7 Å². The second-order valence-electron chi connectivity index (χ2n) is 6.96. The van der Waals surface area contributed by atoms with Gasteiger partial charge in [0.05, 0.1) is 5.54 Å². The maximum atomic E-state index is 11.1. The molecule has 4 heteroatoms. The molecule has 0 heterocycles. The molecule has 2 N–H and O–H groups in total. The van der Waals surface area contributed by atoms with E-state index in [1.54, 1.807) is 0 Å². The van der Waals surface area contributed by atoms with Crippen LogP contribution in [0, 0.1) is 18.3 Å². The molecule has 110 valence electrons. The number of nitrogens with one attached hydrogen (secondary N) is 1. The lowest BCUT2D eigenvalue weighted by Crippen LogP contribution is -2.41. The average Bonchev–Trinajstić information content (AvgIpc) is 2.97. The van der Waals surface area contributed by atoms with E-state index in [-0.39, 0.29) is 11.0 Å². The number of carbonyl (C=O) groups is 1. The molecule has 2 unspecified atom stereocenters. The molecule has 1 saturated carbocycles. The molecular weight excluding hydrogens is 274 g/mol. The summed E-state index contributed by atoms with van der Waals surface area (Å²) in [6.45, 7) is 8.52. The molecule has 1 amide bonds. The van der Waals surface area contributed by atoms with Gasteiger partial charge in [0.1, 0.15) is 0 Å². The second kappa shape index (κ2) is 4.96. The molecule has 20 heavy (non-hydrogen) atoms. The summed E-state index contributed by atoms with van der Waals surface area (Å²) in [6.07, 6.45) is 0.638. The number of halogens is 1. The first kappa shape index (κ1) is 15.2. The van der Waals surface area contributed by atoms with Gasteiger partial charge < -0.3 is 10.4 Å². The second-order valence-corrected chi connectivity index (χ2v) is 7.39. The third kappa shape index (κ3) is 3.09. The summed E-state index contributed by atoms with van der Waals surface area (Å²) in [4.78, 5) is 11.1. The van der Waals surface area contributed by atoms with Crippen LogP contribution in [0.4, 0.5) is 4.79 Å². The maximum Gasteiger partial charge on any atom is 0.405 e. The highest BCUT2D eigenvalue weighted by Crippen LogP contribution is 2.55. The lowest BCUT2D eigenvalue weighted by molar-refractivity contribution is 0.182. The topological polar surface area (TPSA) is 49.3 Å². The van der Waals surface area contributed by atoms with E-state index >= 15 is 0 Å². The van der Waals surface area contributed by atoms with Gasteiger partial charge in [-0.1, -0.05) is 38.4 Å². The highest BCUT2D eigenvalue weighted by molar-refractivity contribution is 6.30. The molecule has 0 spiro atoms. The van der Waals surface area contributed by atoms with Crippen LogP contribution in [0.25, 0.3) is 0 Å². The van der Waals surface area contributed by atoms with Crippen LogP contribution in [0.15, 0.2) is 18.2 Å². The van der Waals surface area contributed by atoms with Crippen LogP contribution in [0.5, 0.6) is 0 Å². The number of carboxylic acid groups (broad SMARTS) is 1. The highest BCUT2D eigenvalue weighted by atomic mass is 35.5. The van der Waals surface area contributed by atoms with Crippen molar-refractivity contribution in [1.82, 2.24) is 5.32 Å². The van der Waals surface area contributed by atoms with Gasteiger partial charge in [-0.15, -0.1) is 0 Å². The monoisotopic (exact) mass is 295 g/mol. The van der Waals surface area contributed by atoms with Gasteiger partial charge in [0.2, 0.25) is 0 Å². The molecule has 0 radical (unpaired) electrons. The van der Waals surface area contributed by atoms with Crippen molar-refractivity contribution in [3.63, 3.8) is 0 Å². The molecule has 1 aromatic carbocycles. The van der Waals surface area contributed by atoms with E-state index in [9.17, 15) is 4.79 Å². The van der Waals surface area contributed by atoms with E-state index in [2.05, 4.69) is 26.1 Å². The number of hydrogen-bond donors (Lipinski definition) is 2. The van der Waals surface area contributed by atoms with Gasteiger partial charge in [0, 0.05) is 5.02 Å². The Kier molecular flexibility index (Phi) is 3.76. The number of rotatable bonds is 3. The molecule has 2 atom stereocenters. The van der Waals surface area contributed by atoms with Crippen molar-refractivity contribution in [2.24, 2.45) is 11.3 Å². The fourth-order valence-corrected chi connectivity index (χ4v) is 3.40. The Morgan fingerprint density at radius 2 is 2.15 bits per heavy atom. The van der Waals surface area contributed by atoms with Crippen molar-refractivity contribution >= 4 is 17.7 Å². The third-order valence-electron chi connectivity index (χ3n) is 4.29. The van der Waals surface area contributed by atoms with Crippen LogP contribution in [-0.2, 0) is 6.42 Å². The van der Waals surface area contributed by atoms with E-state index in [1.807, 2.05) is 25.1 Å². The summed E-state index contributed by atoms with van der Waals surface area (Å²) in [6, 6.07) is 5.80. The Labute approximate surface area is 125 Å². The molecule has 0 saturated heterocycles. The van der Waals surface area contributed by atoms with Gasteiger partial charge in [-0.25, -0.2) is 4.79 Å². The van der Waals surface area contributed by atoms with Gasteiger partial charge in [-0.2, -0.15) is 0 Å². The maximum absolute atomic E-state index is 11.1. The van der Waals surface area contributed by atoms with Crippen molar-refractivity contribution in [3.05, 3.63) is 34.3 Å². The van der Waals surface area contributed by atoms with Gasteiger partial charge in [-0.05, 0) is 54.4 Å². The van der Waals surface area contributed by atoms with Gasteiger partial charge in [0.25, 0.3) is 0 Å². The Hall–Kier alpha value is -1.22. The molecule has 2 rings (SSSR count). The third-order valence-corrected chi connectivity index (χ3v) is 4.53. The molecule has 1 aromatic rings. The van der Waals surface area contributed by atoms with Crippen LogP contribution < -0.4 is 5.32 Å². The first-order valence-electron chi connectivity index (χ1n) is 6.90. The van der Waals surface area contributed by atoms with E-state index in [4.69, 9.17) is 16.7 Å². The van der Waals surface area contributed by atoms with E-state index in [1.165, 1.54) is 0 Å². The summed E-state index contributed by atoms with van der Waals surface area (Å²) in [7, 11) is 0. The van der Waals surface area contributed by atoms with Crippen molar-refractivity contribution in [1.29, 1.82) is 0 Å². The first-order chi connectivity index (χ1) is 9.14. The standard InChI is InChI=1S/C16H22ClNO2/c1-10-5-6-12(17)7-11(10)8-16(18-14(19)20)9-13(16)15(2,3)4/h5-7,13,18H,8-9H2,1-4H3,(H,19,20). The first-order valence-corrected chi connectivity index (χ1v) is 7.28. The lowest BCUT2D eigenvalue weighted by atomic mass is 9.85. The smallest absolute Gasteiger partial charge is 0.405 e. The fourth-order valence-electron chi connectivity index (χ4n) is 3.20. The number of benzene rings is 1. The Morgan fingerprint density at radius 3 is 2.65 bits per heavy atom. The predicted octanol–water partition coefficient (Wildman–Crippen LogP) is 4.26. The summed E-state index contributed by atoms with van der Waals surface area (Å²) in [5.74, 6) is 0.351. The highest BCUT2D eigenvalue weighted by Gasteiger charge is 2.59. The summed E-state index contributed by atoms with van der Waals surface area (Å²) in [5.41, 5.74) is 2.02. The van der Waals surface area contributed by atoms with Crippen LogP contribution in [0.3, 0.4) is 0 Å². The quantitative estimate of drug-likeness (QED) is 0.875. The summed E-state index contributed by atoms with van der Waals surface area (Å²) in [5, 5.41) is 12.6. The molecule has 0 aliphatic heterocycles. The molecule has 0 aromatic heterocycles. The van der Waals surface area contributed by atoms with Crippen molar-refractivity contribution in [3.8, 4) is 0 Å². The average molecular weight is 296 g/mol. The predicted molar refractivity (Wildman–Crippen MR) is 81.3 cm³/mol. The number of hydrogen-bond acceptors (Lipinski definition) is 1. The fraction of sp³-hybridized carbons (Fsp3) is 0.562. The van der Waals surface area contributed by atoms with E-state index in [0.29, 0.717) is 17.4 Å². The van der Waals surface area contributed by atoms with Crippen molar-refractivity contribution in [2.45, 2.75) is 46.1 Å². The zero-order valence-electron chi connectivity index (χ0n) is 12.5. The number of amides is 1. The SMILES string of the molecule is Cc1ccc(Cl)cc1CC1(NC(=O)O)CC1C(C)(C)C. The minimum atomic E-state index is -0.948. The van der Waals surface area contributed by atoms with Gasteiger partial charge >= 0.3 is 6.09 Å². The minimum absolute atomic E-state index is 0.0922. The van der Waals surface area contributed by atoms with Crippen LogP contribution in [0.2, 0.25) is 5.02 Å². The molecule has 1 aliphatic rings. The number of aryl methyl sites for hydroxylation is 1. The Bertz CT molecular complexity index is 536. The van der Waals surface area contributed by atoms with Gasteiger partial charge in [0.15, 0.2) is 0 Å². The molecule has 1 aliphatic carbocycles. The van der Waals surface area contributed by atoms with E-state index < -0.39 is 6.09 Å². The normalized spacial score (nSPS) is 25.4. The van der Waals surface area contributed by atoms with Crippen LogP contribution in [0.1, 0.15) is 38.3 Å². The van der Waals surface area contributed by atoms with Gasteiger partial charge in [-0.3, -0.25) is 0 Å². The zero-order valence-corrected chi connectivity index (χ0v) is 13.2. The Morgan fingerprint density at radius 1 is 1.50 bits per heavy atom. The zero-order chi connectivity index (χ0) is 15.1. The van der Waals surface area contributed by atoms with Crippen LogP contribution >= 0.6 is 11.6 Å². The van der Waals surface area contributed by atoms with E-state index in [0.717, 1.165) is 17.5 Å². The largest absolute Gasteiger partial charge is 0.465 e. The molecule has 3 nitrogen and oxygen atoms in total. The molecular formula is C16H22ClNO2. The van der Waals surface area contributed by atoms with Crippen molar-refractivity contribution in [2.75, 3.05) is 0 Å². The minimum Gasteiger partial charge on any atom is -0.465 e. The summed E-state index contributed by atoms with van der Waals surface area (Å²) >= 11 is 6.06. The summed E-state index contributed by atoms with van der Waals surface area (Å²) < 4.78 is 0.